The first-order valence-electron chi connectivity index (χ1n) is 5.50. The summed E-state index contributed by atoms with van der Waals surface area (Å²) < 4.78 is 2.24. The van der Waals surface area contributed by atoms with Crippen molar-refractivity contribution in [3.8, 4) is 0 Å². The summed E-state index contributed by atoms with van der Waals surface area (Å²) in [5, 5.41) is 3.38. The maximum absolute atomic E-state index is 4.32. The van der Waals surface area contributed by atoms with Gasteiger partial charge in [-0.15, -0.1) is 0 Å². The van der Waals surface area contributed by atoms with Crippen LogP contribution in [0.25, 0.3) is 0 Å². The fourth-order valence-electron chi connectivity index (χ4n) is 1.50. The Morgan fingerprint density at radius 3 is 3.00 bits per heavy atom. The van der Waals surface area contributed by atoms with Crippen molar-refractivity contribution < 1.29 is 0 Å². The molecule has 1 aliphatic carbocycles. The van der Waals surface area contributed by atoms with E-state index in [1.165, 1.54) is 12.8 Å². The van der Waals surface area contributed by atoms with Crippen LogP contribution in [0.15, 0.2) is 12.4 Å². The lowest BCUT2D eigenvalue weighted by atomic mass is 10.2. The predicted octanol–water partition coefficient (Wildman–Crippen LogP) is 2.36. The molecular formula is C11H19N3. The van der Waals surface area contributed by atoms with Crippen molar-refractivity contribution in [1.82, 2.24) is 9.55 Å². The summed E-state index contributed by atoms with van der Waals surface area (Å²) in [6.07, 6.45) is 6.73. The minimum absolute atomic E-state index is 0.668. The minimum atomic E-state index is 0.668. The zero-order chi connectivity index (χ0) is 9.97. The van der Waals surface area contributed by atoms with Gasteiger partial charge in [0.25, 0.3) is 0 Å². The van der Waals surface area contributed by atoms with Crippen LogP contribution in [0, 0.1) is 11.8 Å². The Hall–Kier alpha value is -0.990. The summed E-state index contributed by atoms with van der Waals surface area (Å²) in [5.41, 5.74) is 0. The third kappa shape index (κ3) is 2.50. The number of hydrogen-bond acceptors (Lipinski definition) is 2. The van der Waals surface area contributed by atoms with Crippen LogP contribution in [0.4, 0.5) is 5.95 Å². The quantitative estimate of drug-likeness (QED) is 0.778. The number of hydrogen-bond donors (Lipinski definition) is 1. The first kappa shape index (κ1) is 9.56. The molecule has 1 aromatic heterocycles. The van der Waals surface area contributed by atoms with E-state index in [2.05, 4.69) is 34.9 Å². The minimum Gasteiger partial charge on any atom is -0.355 e. The van der Waals surface area contributed by atoms with Crippen LogP contribution in [-0.4, -0.2) is 16.1 Å². The van der Waals surface area contributed by atoms with Crippen molar-refractivity contribution in [3.63, 3.8) is 0 Å². The molecule has 1 fully saturated rings. The zero-order valence-corrected chi connectivity index (χ0v) is 9.03. The van der Waals surface area contributed by atoms with Crippen LogP contribution in [0.3, 0.4) is 0 Å². The van der Waals surface area contributed by atoms with E-state index in [0.29, 0.717) is 5.92 Å². The number of aromatic nitrogens is 2. The van der Waals surface area contributed by atoms with E-state index in [4.69, 9.17) is 0 Å². The van der Waals surface area contributed by atoms with E-state index in [9.17, 15) is 0 Å². The molecule has 14 heavy (non-hydrogen) atoms. The van der Waals surface area contributed by atoms with Gasteiger partial charge in [0, 0.05) is 25.5 Å². The van der Waals surface area contributed by atoms with Crippen molar-refractivity contribution in [2.45, 2.75) is 33.2 Å². The molecule has 0 atom stereocenters. The molecule has 1 N–H and O–H groups in total. The van der Waals surface area contributed by atoms with Gasteiger partial charge in [-0.2, -0.15) is 0 Å². The Morgan fingerprint density at radius 1 is 1.57 bits per heavy atom. The molecule has 1 aliphatic rings. The Balaban J connectivity index is 1.90. The highest BCUT2D eigenvalue weighted by Gasteiger charge is 2.22. The molecule has 0 saturated heterocycles. The fraction of sp³-hybridized carbons (Fsp3) is 0.727. The van der Waals surface area contributed by atoms with Gasteiger partial charge in [-0.05, 0) is 24.7 Å². The van der Waals surface area contributed by atoms with Crippen LogP contribution in [0.5, 0.6) is 0 Å². The second kappa shape index (κ2) is 4.03. The first-order valence-corrected chi connectivity index (χ1v) is 5.50. The predicted molar refractivity (Wildman–Crippen MR) is 58.3 cm³/mol. The number of nitrogens with zero attached hydrogens (tertiary/aromatic N) is 2. The van der Waals surface area contributed by atoms with E-state index < -0.39 is 0 Å². The van der Waals surface area contributed by atoms with Crippen LogP contribution < -0.4 is 5.32 Å². The molecule has 0 aromatic carbocycles. The first-order chi connectivity index (χ1) is 6.75. The third-order valence-electron chi connectivity index (χ3n) is 2.54. The molecule has 1 aromatic rings. The van der Waals surface area contributed by atoms with Gasteiger partial charge in [-0.25, -0.2) is 4.98 Å². The van der Waals surface area contributed by atoms with Crippen LogP contribution in [-0.2, 0) is 6.54 Å². The highest BCUT2D eigenvalue weighted by atomic mass is 15.2. The Bertz CT molecular complexity index is 286. The summed E-state index contributed by atoms with van der Waals surface area (Å²) in [7, 11) is 0. The SMILES string of the molecule is CC(C)CNc1nccn1CC1CC1. The molecule has 0 spiro atoms. The molecule has 3 nitrogen and oxygen atoms in total. The van der Waals surface area contributed by atoms with Gasteiger partial charge in [0.2, 0.25) is 5.95 Å². The Morgan fingerprint density at radius 2 is 2.36 bits per heavy atom. The second-order valence-electron chi connectivity index (χ2n) is 4.62. The number of rotatable bonds is 5. The molecule has 78 valence electrons. The lowest BCUT2D eigenvalue weighted by Gasteiger charge is -2.10. The highest BCUT2D eigenvalue weighted by molar-refractivity contribution is 5.25. The largest absolute Gasteiger partial charge is 0.355 e. The summed E-state index contributed by atoms with van der Waals surface area (Å²) >= 11 is 0. The summed E-state index contributed by atoms with van der Waals surface area (Å²) in [6, 6.07) is 0. The van der Waals surface area contributed by atoms with E-state index >= 15 is 0 Å². The van der Waals surface area contributed by atoms with Gasteiger partial charge in [0.1, 0.15) is 0 Å². The Labute approximate surface area is 85.5 Å². The van der Waals surface area contributed by atoms with Crippen molar-refractivity contribution in [1.29, 1.82) is 0 Å². The van der Waals surface area contributed by atoms with Gasteiger partial charge < -0.3 is 9.88 Å². The average molecular weight is 193 g/mol. The standard InChI is InChI=1S/C11H19N3/c1-9(2)7-13-11-12-5-6-14(11)8-10-3-4-10/h5-6,9-10H,3-4,7-8H2,1-2H3,(H,12,13). The topological polar surface area (TPSA) is 29.9 Å². The van der Waals surface area contributed by atoms with E-state index in [0.717, 1.165) is 25.0 Å². The highest BCUT2D eigenvalue weighted by Crippen LogP contribution is 2.31. The smallest absolute Gasteiger partial charge is 0.202 e. The van der Waals surface area contributed by atoms with Crippen molar-refractivity contribution >= 4 is 5.95 Å². The van der Waals surface area contributed by atoms with Crippen molar-refractivity contribution in [2.75, 3.05) is 11.9 Å². The molecule has 0 bridgehead atoms. The third-order valence-corrected chi connectivity index (χ3v) is 2.54. The van der Waals surface area contributed by atoms with Gasteiger partial charge in [0.15, 0.2) is 0 Å². The van der Waals surface area contributed by atoms with E-state index in [1.54, 1.807) is 0 Å². The summed E-state index contributed by atoms with van der Waals surface area (Å²) in [6.45, 7) is 6.56. The molecule has 2 rings (SSSR count). The number of anilines is 1. The molecule has 1 saturated carbocycles. The molecule has 0 aliphatic heterocycles. The fourth-order valence-corrected chi connectivity index (χ4v) is 1.50. The lowest BCUT2D eigenvalue weighted by molar-refractivity contribution is 0.620. The molecular weight excluding hydrogens is 174 g/mol. The summed E-state index contributed by atoms with van der Waals surface area (Å²) in [5.74, 6) is 2.61. The van der Waals surface area contributed by atoms with Crippen LogP contribution in [0.1, 0.15) is 26.7 Å². The maximum Gasteiger partial charge on any atom is 0.202 e. The molecule has 0 amide bonds. The monoisotopic (exact) mass is 193 g/mol. The van der Waals surface area contributed by atoms with Crippen molar-refractivity contribution in [2.24, 2.45) is 11.8 Å². The van der Waals surface area contributed by atoms with E-state index in [-0.39, 0.29) is 0 Å². The second-order valence-corrected chi connectivity index (χ2v) is 4.62. The van der Waals surface area contributed by atoms with Gasteiger partial charge in [-0.1, -0.05) is 13.8 Å². The van der Waals surface area contributed by atoms with Crippen LogP contribution >= 0.6 is 0 Å². The molecule has 0 unspecified atom stereocenters. The maximum atomic E-state index is 4.32. The van der Waals surface area contributed by atoms with Gasteiger partial charge >= 0.3 is 0 Å². The van der Waals surface area contributed by atoms with E-state index in [1.807, 2.05) is 6.20 Å². The number of nitrogens with one attached hydrogen (secondary N) is 1. The molecule has 3 heteroatoms. The summed E-state index contributed by atoms with van der Waals surface area (Å²) in [4.78, 5) is 4.32. The van der Waals surface area contributed by atoms with Gasteiger partial charge in [0.05, 0.1) is 0 Å². The zero-order valence-electron chi connectivity index (χ0n) is 9.03. The molecule has 0 radical (unpaired) electrons. The normalized spacial score (nSPS) is 16.2. The average Bonchev–Trinajstić information content (AvgIpc) is 2.81. The van der Waals surface area contributed by atoms with Crippen LogP contribution in [0.2, 0.25) is 0 Å². The lowest BCUT2D eigenvalue weighted by Crippen LogP contribution is -2.13. The van der Waals surface area contributed by atoms with Gasteiger partial charge in [-0.3, -0.25) is 0 Å². The Kier molecular flexibility index (Phi) is 2.75. The van der Waals surface area contributed by atoms with Crippen molar-refractivity contribution in [3.05, 3.63) is 12.4 Å². The number of imidazole rings is 1. The molecule has 1 heterocycles.